The van der Waals surface area contributed by atoms with Gasteiger partial charge in [0.2, 0.25) is 16.8 Å². The van der Waals surface area contributed by atoms with Crippen LogP contribution in [0.1, 0.15) is 5.56 Å². The predicted octanol–water partition coefficient (Wildman–Crippen LogP) is 2.75. The van der Waals surface area contributed by atoms with Gasteiger partial charge in [0.05, 0.1) is 23.2 Å². The summed E-state index contributed by atoms with van der Waals surface area (Å²) in [5.74, 6) is 0.549. The Bertz CT molecular complexity index is 1050. The predicted molar refractivity (Wildman–Crippen MR) is 110 cm³/mol. The molecule has 148 valence electrons. The molecule has 3 rings (SSSR count). The Labute approximate surface area is 175 Å². The molecule has 8 nitrogen and oxygen atoms in total. The molecule has 0 spiro atoms. The van der Waals surface area contributed by atoms with Crippen molar-refractivity contribution in [2.24, 2.45) is 5.10 Å². The van der Waals surface area contributed by atoms with Crippen LogP contribution < -0.4 is 19.2 Å². The van der Waals surface area contributed by atoms with Crippen LogP contribution in [0.2, 0.25) is 5.02 Å². The first kappa shape index (κ1) is 20.4. The van der Waals surface area contributed by atoms with Gasteiger partial charge in [-0.3, -0.25) is 9.10 Å². The van der Waals surface area contributed by atoms with Crippen LogP contribution in [-0.4, -0.2) is 40.1 Å². The standard InChI is InChI=1S/C17H15BrClN3O5S/c1-28(24,25)22(14-5-3-2-4-13(14)19)9-17(23)21-20-8-11-6-15-16(7-12(11)18)27-10-26-15/h2-8H,9-10H2,1H3,(H,21,23)/b20-8-. The highest BCUT2D eigenvalue weighted by atomic mass is 79.9. The van der Waals surface area contributed by atoms with Gasteiger partial charge in [0.1, 0.15) is 6.54 Å². The molecule has 11 heteroatoms. The number of nitrogens with one attached hydrogen (secondary N) is 1. The van der Waals surface area contributed by atoms with E-state index in [1.54, 1.807) is 30.3 Å². The molecule has 0 aromatic heterocycles. The molecule has 1 aliphatic rings. The number of para-hydroxylation sites is 1. The molecule has 0 unspecified atom stereocenters. The van der Waals surface area contributed by atoms with Crippen molar-refractivity contribution >= 4 is 55.4 Å². The van der Waals surface area contributed by atoms with E-state index in [0.29, 0.717) is 21.5 Å². The summed E-state index contributed by atoms with van der Waals surface area (Å²) in [5, 5.41) is 4.09. The Hall–Kier alpha value is -2.30. The molecule has 0 saturated heterocycles. The third-order valence-corrected chi connectivity index (χ3v) is 5.83. The zero-order valence-electron chi connectivity index (χ0n) is 14.6. The Kier molecular flexibility index (Phi) is 6.11. The number of nitrogens with zero attached hydrogens (tertiary/aromatic N) is 2. The van der Waals surface area contributed by atoms with Gasteiger partial charge >= 0.3 is 0 Å². The van der Waals surface area contributed by atoms with E-state index in [0.717, 1.165) is 10.6 Å². The maximum Gasteiger partial charge on any atom is 0.260 e. The number of fused-ring (bicyclic) bond motifs is 1. The number of halogens is 2. The molecule has 0 radical (unpaired) electrons. The van der Waals surface area contributed by atoms with Gasteiger partial charge in [-0.15, -0.1) is 0 Å². The van der Waals surface area contributed by atoms with Crippen molar-refractivity contribution in [2.75, 3.05) is 23.9 Å². The van der Waals surface area contributed by atoms with Crippen LogP contribution in [0, 0.1) is 0 Å². The molecule has 0 aliphatic carbocycles. The van der Waals surface area contributed by atoms with Crippen molar-refractivity contribution in [2.45, 2.75) is 0 Å². The number of carbonyl (C=O) groups excluding carboxylic acids is 1. The van der Waals surface area contributed by atoms with Crippen molar-refractivity contribution in [1.82, 2.24) is 5.43 Å². The molecule has 0 bridgehead atoms. The number of rotatable bonds is 6. The average molecular weight is 489 g/mol. The minimum Gasteiger partial charge on any atom is -0.454 e. The van der Waals surface area contributed by atoms with Gasteiger partial charge in [0.15, 0.2) is 11.5 Å². The van der Waals surface area contributed by atoms with Crippen molar-refractivity contribution in [3.63, 3.8) is 0 Å². The van der Waals surface area contributed by atoms with E-state index in [4.69, 9.17) is 21.1 Å². The number of hydrogen-bond acceptors (Lipinski definition) is 6. The molecule has 0 saturated carbocycles. The zero-order valence-corrected chi connectivity index (χ0v) is 17.7. The highest BCUT2D eigenvalue weighted by molar-refractivity contribution is 9.10. The van der Waals surface area contributed by atoms with Gasteiger partial charge in [0.25, 0.3) is 5.91 Å². The SMILES string of the molecule is CS(=O)(=O)N(CC(=O)N/N=C\c1cc2c(cc1Br)OCO2)c1ccccc1Cl. The topological polar surface area (TPSA) is 97.3 Å². The third kappa shape index (κ3) is 4.75. The van der Waals surface area contributed by atoms with Gasteiger partial charge in [0, 0.05) is 10.0 Å². The molecule has 28 heavy (non-hydrogen) atoms. The molecule has 1 heterocycles. The van der Waals surface area contributed by atoms with E-state index in [2.05, 4.69) is 26.5 Å². The summed E-state index contributed by atoms with van der Waals surface area (Å²) in [7, 11) is -3.73. The number of hydrogen-bond donors (Lipinski definition) is 1. The number of hydrazone groups is 1. The Morgan fingerprint density at radius 1 is 1.32 bits per heavy atom. The summed E-state index contributed by atoms with van der Waals surface area (Å²) in [5.41, 5.74) is 3.17. The lowest BCUT2D eigenvalue weighted by molar-refractivity contribution is -0.119. The van der Waals surface area contributed by atoms with Gasteiger partial charge in [-0.2, -0.15) is 5.10 Å². The fraction of sp³-hybridized carbons (Fsp3) is 0.176. The second-order valence-corrected chi connectivity index (χ2v) is 8.91. The highest BCUT2D eigenvalue weighted by Gasteiger charge is 2.22. The maximum absolute atomic E-state index is 12.2. The summed E-state index contributed by atoms with van der Waals surface area (Å²) in [6, 6.07) is 9.79. The monoisotopic (exact) mass is 487 g/mol. The lowest BCUT2D eigenvalue weighted by atomic mass is 10.2. The van der Waals surface area contributed by atoms with Gasteiger partial charge < -0.3 is 9.47 Å². The summed E-state index contributed by atoms with van der Waals surface area (Å²) in [4.78, 5) is 12.2. The second-order valence-electron chi connectivity index (χ2n) is 5.74. The number of benzene rings is 2. The minimum atomic E-state index is -3.73. The normalized spacial score (nSPS) is 13.0. The first-order chi connectivity index (χ1) is 13.3. The molecule has 2 aromatic rings. The molecule has 2 aromatic carbocycles. The van der Waals surface area contributed by atoms with Crippen LogP contribution in [0.3, 0.4) is 0 Å². The molecule has 1 amide bonds. The van der Waals surface area contributed by atoms with E-state index >= 15 is 0 Å². The highest BCUT2D eigenvalue weighted by Crippen LogP contribution is 2.36. The minimum absolute atomic E-state index is 0.141. The van der Waals surface area contributed by atoms with Crippen molar-refractivity contribution in [3.8, 4) is 11.5 Å². The Morgan fingerprint density at radius 3 is 2.68 bits per heavy atom. The van der Waals surface area contributed by atoms with Gasteiger partial charge in [-0.25, -0.2) is 13.8 Å². The largest absolute Gasteiger partial charge is 0.454 e. The van der Waals surface area contributed by atoms with Crippen molar-refractivity contribution in [3.05, 3.63) is 51.5 Å². The van der Waals surface area contributed by atoms with Gasteiger partial charge in [-0.05, 0) is 40.2 Å². The van der Waals surface area contributed by atoms with E-state index in [1.165, 1.54) is 12.3 Å². The van der Waals surface area contributed by atoms with Gasteiger partial charge in [-0.1, -0.05) is 23.7 Å². The first-order valence-corrected chi connectivity index (χ1v) is 10.9. The average Bonchev–Trinajstić information content (AvgIpc) is 3.07. The van der Waals surface area contributed by atoms with Crippen LogP contribution in [-0.2, 0) is 14.8 Å². The number of anilines is 1. The molecule has 0 atom stereocenters. The number of amides is 1. The quantitative estimate of drug-likeness (QED) is 0.498. The maximum atomic E-state index is 12.2. The van der Waals surface area contributed by atoms with Crippen LogP contribution in [0.15, 0.2) is 46.0 Å². The summed E-state index contributed by atoms with van der Waals surface area (Å²) in [6.45, 7) is -0.329. The molecule has 1 aliphatic heterocycles. The number of carbonyl (C=O) groups is 1. The number of sulfonamides is 1. The lowest BCUT2D eigenvalue weighted by Crippen LogP contribution is -2.39. The molecule has 1 N–H and O–H groups in total. The second kappa shape index (κ2) is 8.38. The lowest BCUT2D eigenvalue weighted by Gasteiger charge is -2.22. The van der Waals surface area contributed by atoms with Crippen molar-refractivity contribution in [1.29, 1.82) is 0 Å². The summed E-state index contributed by atoms with van der Waals surface area (Å²) >= 11 is 9.44. The first-order valence-electron chi connectivity index (χ1n) is 7.89. The Balaban J connectivity index is 1.71. The van der Waals surface area contributed by atoms with Crippen LogP contribution in [0.4, 0.5) is 5.69 Å². The fourth-order valence-corrected chi connectivity index (χ4v) is 3.99. The molecular weight excluding hydrogens is 474 g/mol. The molecular formula is C17H15BrClN3O5S. The summed E-state index contributed by atoms with van der Waals surface area (Å²) < 4.78 is 36.3. The zero-order chi connectivity index (χ0) is 20.3. The number of ether oxygens (including phenoxy) is 2. The Morgan fingerprint density at radius 2 is 2.00 bits per heavy atom. The molecule has 0 fully saturated rings. The van der Waals surface area contributed by atoms with E-state index in [9.17, 15) is 13.2 Å². The van der Waals surface area contributed by atoms with Crippen molar-refractivity contribution < 1.29 is 22.7 Å². The van der Waals surface area contributed by atoms with E-state index in [-0.39, 0.29) is 17.5 Å². The fourth-order valence-electron chi connectivity index (χ4n) is 2.41. The van der Waals surface area contributed by atoms with Crippen LogP contribution >= 0.6 is 27.5 Å². The third-order valence-electron chi connectivity index (χ3n) is 3.69. The van der Waals surface area contributed by atoms with Crippen LogP contribution in [0.25, 0.3) is 0 Å². The van der Waals surface area contributed by atoms with E-state index < -0.39 is 22.5 Å². The van der Waals surface area contributed by atoms with E-state index in [1.807, 2.05) is 0 Å². The summed E-state index contributed by atoms with van der Waals surface area (Å²) in [6.07, 6.45) is 2.40. The van der Waals surface area contributed by atoms with Crippen LogP contribution in [0.5, 0.6) is 11.5 Å². The smallest absolute Gasteiger partial charge is 0.260 e.